The van der Waals surface area contributed by atoms with Crippen molar-refractivity contribution in [3.05, 3.63) is 60.4 Å². The molecule has 0 fully saturated rings. The highest BCUT2D eigenvalue weighted by Gasteiger charge is 2.08. The number of nitrogens with one attached hydrogen (secondary N) is 2. The van der Waals surface area contributed by atoms with Crippen LogP contribution < -0.4 is 10.6 Å². The summed E-state index contributed by atoms with van der Waals surface area (Å²) in [7, 11) is 0. The highest BCUT2D eigenvalue weighted by molar-refractivity contribution is 5.93. The number of carbonyl (C=O) groups is 1. The van der Waals surface area contributed by atoms with Crippen LogP contribution in [0.4, 0.5) is 5.82 Å². The first-order valence-electron chi connectivity index (χ1n) is 7.55. The van der Waals surface area contributed by atoms with E-state index in [0.717, 1.165) is 5.56 Å². The van der Waals surface area contributed by atoms with Crippen LogP contribution in [0.3, 0.4) is 0 Å². The molecule has 0 aliphatic rings. The van der Waals surface area contributed by atoms with Gasteiger partial charge in [0.05, 0.1) is 5.56 Å². The zero-order valence-electron chi connectivity index (χ0n) is 13.2. The van der Waals surface area contributed by atoms with E-state index in [0.29, 0.717) is 30.3 Å². The van der Waals surface area contributed by atoms with Crippen molar-refractivity contribution in [2.75, 3.05) is 11.9 Å². The first-order chi connectivity index (χ1) is 11.8. The van der Waals surface area contributed by atoms with Gasteiger partial charge < -0.3 is 10.6 Å². The average Bonchev–Trinajstić information content (AvgIpc) is 3.15. The number of rotatable bonds is 6. The Labute approximate surface area is 139 Å². The predicted octanol–water partition coefficient (Wildman–Crippen LogP) is 1.42. The molecule has 8 nitrogen and oxygen atoms in total. The molecule has 8 heteroatoms. The highest BCUT2D eigenvalue weighted by atomic mass is 16.1. The molecule has 0 atom stereocenters. The third-order valence-corrected chi connectivity index (χ3v) is 3.33. The molecule has 0 aliphatic carbocycles. The van der Waals surface area contributed by atoms with E-state index >= 15 is 0 Å². The van der Waals surface area contributed by atoms with Crippen molar-refractivity contribution in [3.63, 3.8) is 0 Å². The average molecular weight is 323 g/mol. The summed E-state index contributed by atoms with van der Waals surface area (Å²) in [5.41, 5.74) is 1.49. The van der Waals surface area contributed by atoms with Gasteiger partial charge in [-0.3, -0.25) is 4.79 Å². The molecule has 0 unspecified atom stereocenters. The Morgan fingerprint density at radius 3 is 2.88 bits per heavy atom. The maximum Gasteiger partial charge on any atom is 0.252 e. The molecule has 1 amide bonds. The largest absolute Gasteiger partial charge is 0.366 e. The molecule has 0 aromatic carbocycles. The second-order valence-electron chi connectivity index (χ2n) is 4.97. The Hall–Kier alpha value is -3.29. The van der Waals surface area contributed by atoms with Crippen molar-refractivity contribution in [2.24, 2.45) is 0 Å². The van der Waals surface area contributed by atoms with Gasteiger partial charge in [-0.25, -0.2) is 19.6 Å². The topological polar surface area (TPSA) is 97.6 Å². The highest BCUT2D eigenvalue weighted by Crippen LogP contribution is 2.12. The fourth-order valence-corrected chi connectivity index (χ4v) is 2.17. The Bertz CT molecular complexity index is 800. The quantitative estimate of drug-likeness (QED) is 0.712. The fourth-order valence-electron chi connectivity index (χ4n) is 2.17. The number of hydrogen-bond acceptors (Lipinski definition) is 6. The standard InChI is InChI=1S/C16H17N7O/c1-2-18-16(24)13-5-6-14(21-9-13)20-8-12-4-3-7-19-15(12)23-11-17-10-22-23/h3-7,9-11H,2,8H2,1H3,(H,18,24)(H,20,21). The second kappa shape index (κ2) is 7.32. The van der Waals surface area contributed by atoms with Crippen molar-refractivity contribution in [3.8, 4) is 5.82 Å². The number of nitrogens with zero attached hydrogens (tertiary/aromatic N) is 5. The van der Waals surface area contributed by atoms with Crippen LogP contribution >= 0.6 is 0 Å². The second-order valence-corrected chi connectivity index (χ2v) is 4.97. The zero-order valence-corrected chi connectivity index (χ0v) is 13.2. The molecule has 24 heavy (non-hydrogen) atoms. The molecular weight excluding hydrogens is 306 g/mol. The Morgan fingerprint density at radius 1 is 1.25 bits per heavy atom. The maximum absolute atomic E-state index is 11.7. The zero-order chi connectivity index (χ0) is 16.8. The van der Waals surface area contributed by atoms with Crippen LogP contribution in [0.5, 0.6) is 0 Å². The summed E-state index contributed by atoms with van der Waals surface area (Å²) in [6.45, 7) is 2.99. The SMILES string of the molecule is CCNC(=O)c1ccc(NCc2cccnc2-n2cncn2)nc1. The van der Waals surface area contributed by atoms with Crippen molar-refractivity contribution in [1.29, 1.82) is 0 Å². The molecule has 2 N–H and O–H groups in total. The van der Waals surface area contributed by atoms with Gasteiger partial charge in [0.2, 0.25) is 0 Å². The number of pyridine rings is 2. The van der Waals surface area contributed by atoms with E-state index in [2.05, 4.69) is 30.7 Å². The molecule has 3 heterocycles. The molecule has 0 spiro atoms. The molecule has 0 saturated carbocycles. The lowest BCUT2D eigenvalue weighted by Crippen LogP contribution is -2.22. The third kappa shape index (κ3) is 3.54. The van der Waals surface area contributed by atoms with E-state index in [-0.39, 0.29) is 5.91 Å². The number of hydrogen-bond donors (Lipinski definition) is 2. The van der Waals surface area contributed by atoms with E-state index in [1.807, 2.05) is 19.1 Å². The summed E-state index contributed by atoms with van der Waals surface area (Å²) in [4.78, 5) is 24.3. The van der Waals surface area contributed by atoms with Gasteiger partial charge in [0.1, 0.15) is 18.5 Å². The summed E-state index contributed by atoms with van der Waals surface area (Å²) < 4.78 is 1.61. The van der Waals surface area contributed by atoms with Gasteiger partial charge >= 0.3 is 0 Å². The normalized spacial score (nSPS) is 10.4. The van der Waals surface area contributed by atoms with Gasteiger partial charge in [0, 0.05) is 31.0 Å². The predicted molar refractivity (Wildman–Crippen MR) is 88.7 cm³/mol. The van der Waals surface area contributed by atoms with Gasteiger partial charge in [-0.05, 0) is 25.1 Å². The summed E-state index contributed by atoms with van der Waals surface area (Å²) in [5.74, 6) is 1.26. The lowest BCUT2D eigenvalue weighted by Gasteiger charge is -2.10. The minimum Gasteiger partial charge on any atom is -0.366 e. The minimum atomic E-state index is -0.128. The number of aromatic nitrogens is 5. The van der Waals surface area contributed by atoms with E-state index in [4.69, 9.17) is 0 Å². The van der Waals surface area contributed by atoms with Crippen molar-refractivity contribution >= 4 is 11.7 Å². The fraction of sp³-hybridized carbons (Fsp3) is 0.188. The van der Waals surface area contributed by atoms with Gasteiger partial charge in [0.25, 0.3) is 5.91 Å². The van der Waals surface area contributed by atoms with Crippen LogP contribution in [-0.2, 0) is 6.54 Å². The van der Waals surface area contributed by atoms with Gasteiger partial charge in [-0.1, -0.05) is 6.07 Å². The van der Waals surface area contributed by atoms with Gasteiger partial charge in [0.15, 0.2) is 5.82 Å². The molecule has 3 aromatic heterocycles. The lowest BCUT2D eigenvalue weighted by atomic mass is 10.2. The maximum atomic E-state index is 11.7. The van der Waals surface area contributed by atoms with Crippen molar-refractivity contribution < 1.29 is 4.79 Å². The van der Waals surface area contributed by atoms with Crippen LogP contribution in [0.2, 0.25) is 0 Å². The van der Waals surface area contributed by atoms with E-state index < -0.39 is 0 Å². The van der Waals surface area contributed by atoms with Gasteiger partial charge in [-0.2, -0.15) is 5.10 Å². The summed E-state index contributed by atoms with van der Waals surface area (Å²) in [5, 5.41) is 10.1. The van der Waals surface area contributed by atoms with Crippen LogP contribution in [0, 0.1) is 0 Å². The molecule has 3 aromatic rings. The van der Waals surface area contributed by atoms with Gasteiger partial charge in [-0.15, -0.1) is 0 Å². The van der Waals surface area contributed by atoms with Crippen LogP contribution in [0.15, 0.2) is 49.3 Å². The van der Waals surface area contributed by atoms with Crippen LogP contribution in [-0.4, -0.2) is 37.2 Å². The summed E-state index contributed by atoms with van der Waals surface area (Å²) in [6.07, 6.45) is 6.33. The molecule has 3 rings (SSSR count). The number of carbonyl (C=O) groups excluding carboxylic acids is 1. The molecule has 0 bridgehead atoms. The monoisotopic (exact) mass is 323 g/mol. The van der Waals surface area contributed by atoms with Crippen LogP contribution in [0.1, 0.15) is 22.8 Å². The van der Waals surface area contributed by atoms with Crippen molar-refractivity contribution in [1.82, 2.24) is 30.0 Å². The number of anilines is 1. The molecule has 0 saturated heterocycles. The Morgan fingerprint density at radius 2 is 2.17 bits per heavy atom. The third-order valence-electron chi connectivity index (χ3n) is 3.33. The minimum absolute atomic E-state index is 0.128. The van der Waals surface area contributed by atoms with E-state index in [9.17, 15) is 4.79 Å². The molecule has 122 valence electrons. The first-order valence-corrected chi connectivity index (χ1v) is 7.55. The Kier molecular flexibility index (Phi) is 4.76. The molecule has 0 aliphatic heterocycles. The number of amides is 1. The van der Waals surface area contributed by atoms with E-state index in [1.165, 1.54) is 6.33 Å². The molecular formula is C16H17N7O. The van der Waals surface area contributed by atoms with Crippen molar-refractivity contribution in [2.45, 2.75) is 13.5 Å². The summed E-state index contributed by atoms with van der Waals surface area (Å²) in [6, 6.07) is 7.33. The summed E-state index contributed by atoms with van der Waals surface area (Å²) >= 11 is 0. The lowest BCUT2D eigenvalue weighted by molar-refractivity contribution is 0.0955. The first kappa shape index (κ1) is 15.6. The van der Waals surface area contributed by atoms with Crippen LogP contribution in [0.25, 0.3) is 5.82 Å². The Balaban J connectivity index is 1.69. The smallest absolute Gasteiger partial charge is 0.252 e. The molecule has 0 radical (unpaired) electrons. The van der Waals surface area contributed by atoms with E-state index in [1.54, 1.807) is 35.5 Å².